The first kappa shape index (κ1) is 17.4. The number of pyridine rings is 1. The van der Waals surface area contributed by atoms with E-state index in [1.165, 1.54) is 25.1 Å². The number of carbonyl (C=O) groups excluding carboxylic acids is 2. The minimum absolute atomic E-state index is 0.0322. The maximum atomic E-state index is 13.3. The van der Waals surface area contributed by atoms with E-state index in [4.69, 9.17) is 4.74 Å². The van der Waals surface area contributed by atoms with Crippen molar-refractivity contribution in [2.75, 3.05) is 32.7 Å². The summed E-state index contributed by atoms with van der Waals surface area (Å²) in [5.41, 5.74) is -0.205. The van der Waals surface area contributed by atoms with Gasteiger partial charge in [-0.3, -0.25) is 19.5 Å². The van der Waals surface area contributed by atoms with Gasteiger partial charge in [0.1, 0.15) is 11.9 Å². The van der Waals surface area contributed by atoms with Gasteiger partial charge in [-0.2, -0.15) is 0 Å². The van der Waals surface area contributed by atoms with Crippen LogP contribution in [-0.4, -0.2) is 65.5 Å². The summed E-state index contributed by atoms with van der Waals surface area (Å²) in [6.45, 7) is 3.98. The molecule has 1 atom stereocenters. The van der Waals surface area contributed by atoms with Crippen LogP contribution in [0.5, 0.6) is 0 Å². The molecule has 1 unspecified atom stereocenters. The molecule has 0 aliphatic carbocycles. The van der Waals surface area contributed by atoms with Crippen molar-refractivity contribution in [1.82, 2.24) is 14.8 Å². The van der Waals surface area contributed by atoms with Gasteiger partial charge in [0.05, 0.1) is 17.2 Å². The standard InChI is InChI=1S/C19H24FN3O3/c20-15-9-14(11-21-12-15)17(24)23-7-3-19(4-8-23)10-16(26-18(19)25)13-22-5-1-2-6-22/h9,11-12,16H,1-8,10,13H2. The van der Waals surface area contributed by atoms with Gasteiger partial charge in [0.15, 0.2) is 0 Å². The predicted molar refractivity (Wildman–Crippen MR) is 91.9 cm³/mol. The molecule has 4 rings (SSSR count). The van der Waals surface area contributed by atoms with Crippen LogP contribution in [0.3, 0.4) is 0 Å². The van der Waals surface area contributed by atoms with Crippen molar-refractivity contribution in [3.8, 4) is 0 Å². The van der Waals surface area contributed by atoms with E-state index >= 15 is 0 Å². The summed E-state index contributed by atoms with van der Waals surface area (Å²) in [5.74, 6) is -0.860. The Morgan fingerprint density at radius 2 is 1.96 bits per heavy atom. The van der Waals surface area contributed by atoms with Crippen LogP contribution in [0.2, 0.25) is 0 Å². The number of piperidine rings is 1. The van der Waals surface area contributed by atoms with E-state index in [9.17, 15) is 14.0 Å². The average molecular weight is 361 g/mol. The van der Waals surface area contributed by atoms with Gasteiger partial charge in [0.25, 0.3) is 5.91 Å². The number of cyclic esters (lactones) is 1. The second-order valence-corrected chi connectivity index (χ2v) is 7.70. The second-order valence-electron chi connectivity index (χ2n) is 7.70. The number of esters is 1. The second kappa shape index (κ2) is 6.95. The number of nitrogens with zero attached hydrogens (tertiary/aromatic N) is 3. The summed E-state index contributed by atoms with van der Waals surface area (Å²) >= 11 is 0. The summed E-state index contributed by atoms with van der Waals surface area (Å²) in [5, 5.41) is 0. The highest BCUT2D eigenvalue weighted by atomic mass is 19.1. The molecule has 1 amide bonds. The molecule has 3 saturated heterocycles. The molecule has 140 valence electrons. The normalized spacial score (nSPS) is 25.7. The number of halogens is 1. The van der Waals surface area contributed by atoms with E-state index in [-0.39, 0.29) is 23.5 Å². The highest BCUT2D eigenvalue weighted by molar-refractivity contribution is 5.94. The van der Waals surface area contributed by atoms with Crippen molar-refractivity contribution in [1.29, 1.82) is 0 Å². The summed E-state index contributed by atoms with van der Waals surface area (Å²) in [6, 6.07) is 1.20. The largest absolute Gasteiger partial charge is 0.461 e. The summed E-state index contributed by atoms with van der Waals surface area (Å²) in [6.07, 6.45) is 6.83. The Labute approximate surface area is 152 Å². The van der Waals surface area contributed by atoms with E-state index in [2.05, 4.69) is 9.88 Å². The molecular weight excluding hydrogens is 337 g/mol. The topological polar surface area (TPSA) is 62.7 Å². The first-order chi connectivity index (χ1) is 12.6. The van der Waals surface area contributed by atoms with E-state index in [1.807, 2.05) is 0 Å². The van der Waals surface area contributed by atoms with Gasteiger partial charge in [-0.15, -0.1) is 0 Å². The highest BCUT2D eigenvalue weighted by Gasteiger charge is 2.51. The van der Waals surface area contributed by atoms with E-state index in [0.717, 1.165) is 32.3 Å². The molecule has 4 heterocycles. The van der Waals surface area contributed by atoms with Gasteiger partial charge in [-0.1, -0.05) is 0 Å². The molecule has 3 fully saturated rings. The Bertz CT molecular complexity index is 697. The van der Waals surface area contributed by atoms with Crippen molar-refractivity contribution in [3.05, 3.63) is 29.8 Å². The third-order valence-electron chi connectivity index (χ3n) is 5.95. The lowest BCUT2D eigenvalue weighted by Gasteiger charge is -2.36. The van der Waals surface area contributed by atoms with Crippen molar-refractivity contribution in [3.63, 3.8) is 0 Å². The van der Waals surface area contributed by atoms with Crippen LogP contribution in [0.1, 0.15) is 42.5 Å². The molecule has 26 heavy (non-hydrogen) atoms. The molecule has 1 aromatic heterocycles. The molecule has 1 spiro atoms. The Morgan fingerprint density at radius 3 is 2.65 bits per heavy atom. The minimum Gasteiger partial charge on any atom is -0.461 e. The van der Waals surface area contributed by atoms with E-state index < -0.39 is 11.2 Å². The van der Waals surface area contributed by atoms with Crippen LogP contribution >= 0.6 is 0 Å². The molecule has 0 bridgehead atoms. The number of hydrogen-bond donors (Lipinski definition) is 0. The molecule has 0 radical (unpaired) electrons. The number of rotatable bonds is 3. The number of likely N-dealkylation sites (tertiary alicyclic amines) is 2. The maximum absolute atomic E-state index is 13.3. The zero-order valence-corrected chi connectivity index (χ0v) is 14.8. The van der Waals surface area contributed by atoms with Crippen molar-refractivity contribution < 1.29 is 18.7 Å². The zero-order valence-electron chi connectivity index (χ0n) is 14.8. The fourth-order valence-corrected chi connectivity index (χ4v) is 4.45. The minimum atomic E-state index is -0.520. The van der Waals surface area contributed by atoms with Gasteiger partial charge >= 0.3 is 5.97 Å². The Kier molecular flexibility index (Phi) is 4.65. The van der Waals surface area contributed by atoms with Crippen LogP contribution in [-0.2, 0) is 9.53 Å². The van der Waals surface area contributed by atoms with Crippen molar-refractivity contribution in [2.45, 2.75) is 38.2 Å². The molecule has 3 aliphatic rings. The summed E-state index contributed by atoms with van der Waals surface area (Å²) in [7, 11) is 0. The van der Waals surface area contributed by atoms with Gasteiger partial charge in [-0.25, -0.2) is 4.39 Å². The monoisotopic (exact) mass is 361 g/mol. The fourth-order valence-electron chi connectivity index (χ4n) is 4.45. The Balaban J connectivity index is 1.36. The fraction of sp³-hybridized carbons (Fsp3) is 0.632. The van der Waals surface area contributed by atoms with Crippen molar-refractivity contribution >= 4 is 11.9 Å². The van der Waals surface area contributed by atoms with Crippen LogP contribution in [0.4, 0.5) is 4.39 Å². The lowest BCUT2D eigenvalue weighted by molar-refractivity contribution is -0.150. The maximum Gasteiger partial charge on any atom is 0.312 e. The zero-order chi connectivity index (χ0) is 18.1. The van der Waals surface area contributed by atoms with Crippen LogP contribution in [0, 0.1) is 11.2 Å². The molecule has 0 aromatic carbocycles. The number of ether oxygens (including phenoxy) is 1. The summed E-state index contributed by atoms with van der Waals surface area (Å²) in [4.78, 5) is 32.8. The van der Waals surface area contributed by atoms with Gasteiger partial charge in [0, 0.05) is 32.3 Å². The lowest BCUT2D eigenvalue weighted by atomic mass is 9.76. The quantitative estimate of drug-likeness (QED) is 0.769. The first-order valence-corrected chi connectivity index (χ1v) is 9.39. The number of hydrogen-bond acceptors (Lipinski definition) is 5. The van der Waals surface area contributed by atoms with Gasteiger partial charge in [-0.05, 0) is 44.8 Å². The molecule has 1 aromatic rings. The number of amides is 1. The van der Waals surface area contributed by atoms with Crippen LogP contribution in [0.15, 0.2) is 18.5 Å². The van der Waals surface area contributed by atoms with Crippen LogP contribution < -0.4 is 0 Å². The lowest BCUT2D eigenvalue weighted by Crippen LogP contribution is -2.45. The number of carbonyl (C=O) groups is 2. The molecular formula is C19H24FN3O3. The number of aromatic nitrogens is 1. The first-order valence-electron chi connectivity index (χ1n) is 9.39. The third-order valence-corrected chi connectivity index (χ3v) is 5.95. The summed E-state index contributed by atoms with van der Waals surface area (Å²) < 4.78 is 19.0. The Hall–Kier alpha value is -2.02. The van der Waals surface area contributed by atoms with E-state index in [0.29, 0.717) is 25.9 Å². The SMILES string of the molecule is O=C(c1cncc(F)c1)N1CCC2(CC1)CC(CN1CCCC1)OC2=O. The smallest absolute Gasteiger partial charge is 0.312 e. The molecule has 0 N–H and O–H groups in total. The Morgan fingerprint density at radius 1 is 1.23 bits per heavy atom. The molecule has 7 heteroatoms. The predicted octanol–water partition coefficient (Wildman–Crippen LogP) is 1.85. The molecule has 0 saturated carbocycles. The van der Waals surface area contributed by atoms with E-state index in [1.54, 1.807) is 4.90 Å². The van der Waals surface area contributed by atoms with Gasteiger partial charge in [0.2, 0.25) is 0 Å². The van der Waals surface area contributed by atoms with Gasteiger partial charge < -0.3 is 9.64 Å². The molecule has 6 nitrogen and oxygen atoms in total. The van der Waals surface area contributed by atoms with Crippen LogP contribution in [0.25, 0.3) is 0 Å². The molecule has 3 aliphatic heterocycles. The van der Waals surface area contributed by atoms with Crippen molar-refractivity contribution in [2.24, 2.45) is 5.41 Å². The average Bonchev–Trinajstić information content (AvgIpc) is 3.24. The highest BCUT2D eigenvalue weighted by Crippen LogP contribution is 2.43. The third kappa shape index (κ3) is 3.32.